The van der Waals surface area contributed by atoms with E-state index in [-0.39, 0.29) is 0 Å². The van der Waals surface area contributed by atoms with Gasteiger partial charge in [0.05, 0.1) is 0 Å². The summed E-state index contributed by atoms with van der Waals surface area (Å²) in [5, 5.41) is 0. The molecule has 0 saturated heterocycles. The van der Waals surface area contributed by atoms with Gasteiger partial charge < -0.3 is 0 Å². The van der Waals surface area contributed by atoms with Crippen molar-refractivity contribution in [2.75, 3.05) is 14.1 Å². The molecule has 14 heavy (non-hydrogen) atoms. The van der Waals surface area contributed by atoms with Crippen molar-refractivity contribution >= 4 is 48.1 Å². The molecule has 0 aromatic carbocycles. The fourth-order valence-electron chi connectivity index (χ4n) is 1.11. The Bertz CT molecular complexity index is 341. The summed E-state index contributed by atoms with van der Waals surface area (Å²) in [7, 11) is -7.60. The van der Waals surface area contributed by atoms with Crippen molar-refractivity contribution < 1.29 is 21.1 Å². The molecule has 0 fully saturated rings. The monoisotopic (exact) mass is 294 g/mol. The van der Waals surface area contributed by atoms with Crippen LogP contribution >= 0.6 is 42.3 Å². The normalized spacial score (nSPS) is 33.6. The van der Waals surface area contributed by atoms with Crippen LogP contribution in [0.4, 0.5) is 16.8 Å². The Balaban J connectivity index is 3.42. The molecule has 0 N–H and O–H groups in total. The second-order valence-corrected chi connectivity index (χ2v) is 8.58. The molecule has 0 spiro atoms. The minimum atomic E-state index is -8.58. The molecule has 1 aliphatic rings. The summed E-state index contributed by atoms with van der Waals surface area (Å²) in [6, 6.07) is 0. The fourth-order valence-corrected chi connectivity index (χ4v) is 3.81. The van der Waals surface area contributed by atoms with Crippen molar-refractivity contribution in [3.05, 3.63) is 0 Å². The maximum absolute atomic E-state index is 12.9. The molecule has 1 rings (SSSR count). The Kier molecular flexibility index (Phi) is 2.03. The van der Waals surface area contributed by atoms with Crippen LogP contribution in [0, 0.1) is 0 Å². The number of amidine groups is 1. The summed E-state index contributed by atoms with van der Waals surface area (Å²) in [5.74, 6) is -0.743. The van der Waals surface area contributed by atoms with Gasteiger partial charge in [-0.15, -0.1) is 0 Å². The number of hydrogen-bond acceptors (Lipinski definition) is 1. The van der Waals surface area contributed by atoms with Crippen LogP contribution in [-0.2, 0) is 0 Å². The van der Waals surface area contributed by atoms with Gasteiger partial charge in [0.25, 0.3) is 0 Å². The number of hydrogen-bond donors (Lipinski definition) is 0. The molecule has 2 nitrogen and oxygen atoms in total. The number of alkyl halides is 3. The van der Waals surface area contributed by atoms with Crippen LogP contribution in [0.15, 0.2) is 0 Å². The topological polar surface area (TPSA) is 6.25 Å². The number of nitrogens with zero attached hydrogens (tertiary/aromatic N) is 2. The minimum absolute atomic E-state index is 0.493. The van der Waals surface area contributed by atoms with Crippen molar-refractivity contribution in [1.29, 1.82) is 0 Å². The van der Waals surface area contributed by atoms with E-state index in [1.165, 1.54) is 0 Å². The molecule has 0 saturated carbocycles. The van der Waals surface area contributed by atoms with Gasteiger partial charge in [0.1, 0.15) is 0 Å². The first-order valence-electron chi connectivity index (χ1n) is 3.23. The number of rotatable bonds is 0. The molecular weight excluding hydrogens is 289 g/mol. The zero-order chi connectivity index (χ0) is 11.6. The van der Waals surface area contributed by atoms with E-state index in [1.807, 2.05) is 0 Å². The molecule has 1 heterocycles. The zero-order valence-electron chi connectivity index (χ0n) is 6.99. The summed E-state index contributed by atoms with van der Waals surface area (Å²) < 4.78 is 48.4. The predicted octanol–water partition coefficient (Wildman–Crippen LogP) is 3.80. The first-order valence-corrected chi connectivity index (χ1v) is 6.52. The predicted molar refractivity (Wildman–Crippen MR) is 50.6 cm³/mol. The van der Waals surface area contributed by atoms with Gasteiger partial charge in [-0.1, -0.05) is 0 Å². The van der Waals surface area contributed by atoms with E-state index in [9.17, 15) is 16.8 Å². The van der Waals surface area contributed by atoms with Gasteiger partial charge in [0.2, 0.25) is 0 Å². The Labute approximate surface area is 92.1 Å². The summed E-state index contributed by atoms with van der Waals surface area (Å²) in [5.41, 5.74) is 0. The number of halogens is 7. The van der Waals surface area contributed by atoms with Gasteiger partial charge in [-0.2, -0.15) is 0 Å². The first kappa shape index (κ1) is 12.6. The molecule has 0 aromatic heterocycles. The molecule has 1 aliphatic heterocycles. The van der Waals surface area contributed by atoms with Gasteiger partial charge in [-0.3, -0.25) is 0 Å². The van der Waals surface area contributed by atoms with Gasteiger partial charge in [-0.05, 0) is 0 Å². The quantitative estimate of drug-likeness (QED) is 0.374. The van der Waals surface area contributed by atoms with Gasteiger partial charge in [-0.25, -0.2) is 0 Å². The fraction of sp³-hybridized carbons (Fsp3) is 0.750. The first-order chi connectivity index (χ1) is 5.71. The molecule has 0 amide bonds. The Morgan fingerprint density at radius 3 is 1.71 bits per heavy atom. The molecular formula is C4H6Cl3F4N2P. The molecule has 0 unspecified atom stereocenters. The van der Waals surface area contributed by atoms with Crippen molar-refractivity contribution in [2.45, 2.75) is 3.79 Å². The van der Waals surface area contributed by atoms with E-state index in [0.29, 0.717) is 14.1 Å². The average molecular weight is 295 g/mol. The molecule has 0 atom stereocenters. The molecule has 86 valence electrons. The average Bonchev–Trinajstić information content (AvgIpc) is 1.81. The van der Waals surface area contributed by atoms with E-state index in [4.69, 9.17) is 34.8 Å². The summed E-state index contributed by atoms with van der Waals surface area (Å²) in [4.78, 5) is 0. The second-order valence-electron chi connectivity index (χ2n) is 2.95. The van der Waals surface area contributed by atoms with Gasteiger partial charge in [0, 0.05) is 0 Å². The van der Waals surface area contributed by atoms with E-state index < -0.39 is 26.1 Å². The van der Waals surface area contributed by atoms with Crippen molar-refractivity contribution in [2.24, 2.45) is 0 Å². The zero-order valence-corrected chi connectivity index (χ0v) is 10.1. The van der Waals surface area contributed by atoms with Crippen LogP contribution in [0.3, 0.4) is 0 Å². The third kappa shape index (κ3) is 1.39. The van der Waals surface area contributed by atoms with Gasteiger partial charge >= 0.3 is 91.8 Å². The van der Waals surface area contributed by atoms with Crippen LogP contribution < -0.4 is 0 Å². The van der Waals surface area contributed by atoms with Crippen LogP contribution in [-0.4, -0.2) is 32.7 Å². The van der Waals surface area contributed by atoms with E-state index in [2.05, 4.69) is 0 Å². The van der Waals surface area contributed by atoms with E-state index >= 15 is 0 Å². The third-order valence-corrected chi connectivity index (χ3v) is 5.28. The standard InChI is InChI=1S/C4H6Cl3F4N2P/c1-12-3(4(5,6)7)13(2)14(12,8,9,10)11/h1-2H3. The maximum atomic E-state index is 12.9. The van der Waals surface area contributed by atoms with Crippen molar-refractivity contribution in [3.8, 4) is 0 Å². The van der Waals surface area contributed by atoms with Crippen LogP contribution in [0.25, 0.3) is 0 Å². The van der Waals surface area contributed by atoms with E-state index in [1.54, 1.807) is 0 Å². The second kappa shape index (κ2) is 2.26. The molecule has 0 bridgehead atoms. The van der Waals surface area contributed by atoms with Crippen LogP contribution in [0.2, 0.25) is 0 Å². The molecule has 0 aliphatic carbocycles. The Morgan fingerprint density at radius 1 is 1.21 bits per heavy atom. The third-order valence-electron chi connectivity index (χ3n) is 2.04. The van der Waals surface area contributed by atoms with Crippen LogP contribution in [0.5, 0.6) is 0 Å². The summed E-state index contributed by atoms with van der Waals surface area (Å²) >= 11 is 15.7. The molecule has 0 aromatic rings. The van der Waals surface area contributed by atoms with Crippen molar-refractivity contribution in [1.82, 2.24) is 4.67 Å². The van der Waals surface area contributed by atoms with Gasteiger partial charge in [0.15, 0.2) is 0 Å². The molecule has 0 radical (unpaired) electrons. The van der Waals surface area contributed by atoms with Crippen molar-refractivity contribution in [3.63, 3.8) is 0 Å². The summed E-state index contributed by atoms with van der Waals surface area (Å²) in [6.45, 7) is 0. The Hall–Kier alpha value is 0.490. The van der Waals surface area contributed by atoms with Crippen LogP contribution in [0.1, 0.15) is 0 Å². The summed E-state index contributed by atoms with van der Waals surface area (Å²) in [6.07, 6.45) is 0. The molecule has 10 heteroatoms. The van der Waals surface area contributed by atoms with E-state index in [0.717, 1.165) is 0 Å². The Morgan fingerprint density at radius 2 is 1.57 bits per heavy atom. The SMILES string of the molecule is CN1C(C(Cl)(Cl)Cl)=[N+](C)[P-]1(F)(F)(F)F.